The summed E-state index contributed by atoms with van der Waals surface area (Å²) in [5.74, 6) is 0. The highest BCUT2D eigenvalue weighted by Gasteiger charge is 2.48. The molecule has 94 valence electrons. The first-order chi connectivity index (χ1) is 8.01. The molecular formula is C14H20ClNO. The van der Waals surface area contributed by atoms with Crippen LogP contribution in [0.3, 0.4) is 0 Å². The Morgan fingerprint density at radius 2 is 2.00 bits per heavy atom. The molecule has 1 fully saturated rings. The van der Waals surface area contributed by atoms with Crippen molar-refractivity contribution in [1.82, 2.24) is 0 Å². The van der Waals surface area contributed by atoms with Crippen molar-refractivity contribution >= 4 is 17.3 Å². The monoisotopic (exact) mass is 253 g/mol. The number of anilines is 1. The second kappa shape index (κ2) is 4.51. The second-order valence-electron chi connectivity index (χ2n) is 5.58. The van der Waals surface area contributed by atoms with Crippen molar-refractivity contribution in [2.45, 2.75) is 38.6 Å². The Bertz CT molecular complexity index is 405. The molecule has 17 heavy (non-hydrogen) atoms. The zero-order valence-electron chi connectivity index (χ0n) is 10.5. The van der Waals surface area contributed by atoms with Gasteiger partial charge in [0.15, 0.2) is 0 Å². The van der Waals surface area contributed by atoms with E-state index in [1.165, 1.54) is 0 Å². The summed E-state index contributed by atoms with van der Waals surface area (Å²) in [5, 5.41) is 14.0. The van der Waals surface area contributed by atoms with Crippen molar-refractivity contribution in [2.24, 2.45) is 5.41 Å². The Morgan fingerprint density at radius 3 is 2.53 bits per heavy atom. The van der Waals surface area contributed by atoms with Crippen LogP contribution in [0.5, 0.6) is 0 Å². The van der Waals surface area contributed by atoms with E-state index in [2.05, 4.69) is 19.2 Å². The average molecular weight is 254 g/mol. The van der Waals surface area contributed by atoms with Gasteiger partial charge in [0.2, 0.25) is 0 Å². The van der Waals surface area contributed by atoms with Crippen LogP contribution in [0.2, 0.25) is 5.02 Å². The van der Waals surface area contributed by atoms with Crippen molar-refractivity contribution in [2.75, 3.05) is 11.9 Å². The van der Waals surface area contributed by atoms with E-state index >= 15 is 0 Å². The van der Waals surface area contributed by atoms with E-state index in [1.54, 1.807) is 0 Å². The van der Waals surface area contributed by atoms with Crippen molar-refractivity contribution in [1.29, 1.82) is 0 Å². The lowest BCUT2D eigenvalue weighted by atomic mass is 9.75. The summed E-state index contributed by atoms with van der Waals surface area (Å²) in [6, 6.07) is 7.71. The van der Waals surface area contributed by atoms with E-state index in [-0.39, 0.29) is 17.6 Å². The van der Waals surface area contributed by atoms with Crippen LogP contribution >= 0.6 is 11.6 Å². The number of aliphatic hydroxyl groups is 1. The summed E-state index contributed by atoms with van der Waals surface area (Å²) in [4.78, 5) is 0. The number of halogens is 1. The molecule has 0 aliphatic heterocycles. The number of hydrogen-bond donors (Lipinski definition) is 2. The normalized spacial score (nSPS) is 27.1. The van der Waals surface area contributed by atoms with Gasteiger partial charge in [0.05, 0.1) is 22.9 Å². The standard InChI is InChI=1S/C14H20ClNO/c1-13(2)8-5-9-14(13,10-17)16-12-7-4-3-6-11(12)15/h3-4,6-7,16-17H,5,8-10H2,1-2H3. The quantitative estimate of drug-likeness (QED) is 0.861. The maximum Gasteiger partial charge on any atom is 0.0666 e. The van der Waals surface area contributed by atoms with Crippen LogP contribution in [-0.4, -0.2) is 17.3 Å². The summed E-state index contributed by atoms with van der Waals surface area (Å²) in [6.45, 7) is 4.56. The van der Waals surface area contributed by atoms with E-state index in [1.807, 2.05) is 24.3 Å². The largest absolute Gasteiger partial charge is 0.394 e. The fraction of sp³-hybridized carbons (Fsp3) is 0.571. The maximum absolute atomic E-state index is 9.80. The van der Waals surface area contributed by atoms with Gasteiger partial charge in [-0.1, -0.05) is 44.0 Å². The van der Waals surface area contributed by atoms with Gasteiger partial charge >= 0.3 is 0 Å². The number of benzene rings is 1. The second-order valence-corrected chi connectivity index (χ2v) is 5.99. The van der Waals surface area contributed by atoms with Gasteiger partial charge in [-0.3, -0.25) is 0 Å². The van der Waals surface area contributed by atoms with Crippen LogP contribution in [0.25, 0.3) is 0 Å². The Balaban J connectivity index is 2.30. The van der Waals surface area contributed by atoms with Crippen LogP contribution in [0.4, 0.5) is 5.69 Å². The first kappa shape index (κ1) is 12.7. The third-order valence-corrected chi connectivity index (χ3v) is 4.55. The van der Waals surface area contributed by atoms with Gasteiger partial charge in [0, 0.05) is 0 Å². The molecule has 1 unspecified atom stereocenters. The van der Waals surface area contributed by atoms with Crippen LogP contribution in [-0.2, 0) is 0 Å². The molecule has 2 rings (SSSR count). The molecule has 0 heterocycles. The lowest BCUT2D eigenvalue weighted by molar-refractivity contribution is 0.128. The fourth-order valence-corrected chi connectivity index (χ4v) is 2.98. The molecule has 2 nitrogen and oxygen atoms in total. The van der Waals surface area contributed by atoms with Crippen LogP contribution in [0.1, 0.15) is 33.1 Å². The van der Waals surface area contributed by atoms with Gasteiger partial charge in [-0.25, -0.2) is 0 Å². The van der Waals surface area contributed by atoms with Crippen LogP contribution in [0.15, 0.2) is 24.3 Å². The van der Waals surface area contributed by atoms with Crippen LogP contribution < -0.4 is 5.32 Å². The van der Waals surface area contributed by atoms with Crippen molar-refractivity contribution in [3.05, 3.63) is 29.3 Å². The molecule has 2 N–H and O–H groups in total. The topological polar surface area (TPSA) is 32.3 Å². The third-order valence-electron chi connectivity index (χ3n) is 4.22. The predicted octanol–water partition coefficient (Wildman–Crippen LogP) is 3.69. The molecular weight excluding hydrogens is 234 g/mol. The van der Waals surface area contributed by atoms with Gasteiger partial charge in [0.1, 0.15) is 0 Å². The molecule has 0 bridgehead atoms. The molecule has 1 aromatic carbocycles. The van der Waals surface area contributed by atoms with E-state index in [4.69, 9.17) is 11.6 Å². The molecule has 0 spiro atoms. The van der Waals surface area contributed by atoms with E-state index in [0.717, 1.165) is 24.9 Å². The molecule has 0 aromatic heterocycles. The summed E-state index contributed by atoms with van der Waals surface area (Å²) in [6.07, 6.45) is 3.26. The first-order valence-electron chi connectivity index (χ1n) is 6.14. The van der Waals surface area contributed by atoms with Gasteiger partial charge in [0.25, 0.3) is 0 Å². The minimum atomic E-state index is -0.252. The lowest BCUT2D eigenvalue weighted by Crippen LogP contribution is -2.50. The Labute approximate surface area is 108 Å². The zero-order chi connectivity index (χ0) is 12.5. The Hall–Kier alpha value is -0.730. The molecule has 1 saturated carbocycles. The summed E-state index contributed by atoms with van der Waals surface area (Å²) in [5.41, 5.74) is 0.747. The number of nitrogens with one attached hydrogen (secondary N) is 1. The van der Waals surface area contributed by atoms with Gasteiger partial charge in [-0.15, -0.1) is 0 Å². The molecule has 0 radical (unpaired) electrons. The fourth-order valence-electron chi connectivity index (χ4n) is 2.79. The van der Waals surface area contributed by atoms with Crippen molar-refractivity contribution in [3.8, 4) is 0 Å². The average Bonchev–Trinajstić information content (AvgIpc) is 2.58. The van der Waals surface area contributed by atoms with E-state index in [0.29, 0.717) is 5.02 Å². The van der Waals surface area contributed by atoms with Crippen LogP contribution in [0, 0.1) is 5.41 Å². The summed E-state index contributed by atoms with van der Waals surface area (Å²) in [7, 11) is 0. The Kier molecular flexibility index (Phi) is 3.37. The minimum Gasteiger partial charge on any atom is -0.394 e. The zero-order valence-corrected chi connectivity index (χ0v) is 11.2. The molecule has 1 aromatic rings. The summed E-state index contributed by atoms with van der Waals surface area (Å²) >= 11 is 6.17. The molecule has 3 heteroatoms. The third kappa shape index (κ3) is 2.16. The predicted molar refractivity (Wildman–Crippen MR) is 72.5 cm³/mol. The number of hydrogen-bond acceptors (Lipinski definition) is 2. The highest BCUT2D eigenvalue weighted by molar-refractivity contribution is 6.33. The number of para-hydroxylation sites is 1. The van der Waals surface area contributed by atoms with Crippen molar-refractivity contribution in [3.63, 3.8) is 0 Å². The highest BCUT2D eigenvalue weighted by Crippen LogP contribution is 2.48. The maximum atomic E-state index is 9.80. The molecule has 1 aliphatic carbocycles. The van der Waals surface area contributed by atoms with Crippen molar-refractivity contribution < 1.29 is 5.11 Å². The molecule has 0 amide bonds. The summed E-state index contributed by atoms with van der Waals surface area (Å²) < 4.78 is 0. The molecule has 0 saturated heterocycles. The molecule has 1 aliphatic rings. The molecule has 1 atom stereocenters. The van der Waals surface area contributed by atoms with Gasteiger partial charge < -0.3 is 10.4 Å². The lowest BCUT2D eigenvalue weighted by Gasteiger charge is -2.42. The SMILES string of the molecule is CC1(C)CCCC1(CO)Nc1ccccc1Cl. The van der Waals surface area contributed by atoms with Gasteiger partial charge in [-0.05, 0) is 30.4 Å². The first-order valence-corrected chi connectivity index (χ1v) is 6.52. The smallest absolute Gasteiger partial charge is 0.0666 e. The minimum absolute atomic E-state index is 0.0842. The van der Waals surface area contributed by atoms with E-state index in [9.17, 15) is 5.11 Å². The number of rotatable bonds is 3. The number of aliphatic hydroxyl groups excluding tert-OH is 1. The highest BCUT2D eigenvalue weighted by atomic mass is 35.5. The Morgan fingerprint density at radius 1 is 1.29 bits per heavy atom. The van der Waals surface area contributed by atoms with E-state index < -0.39 is 0 Å². The van der Waals surface area contributed by atoms with Gasteiger partial charge in [-0.2, -0.15) is 0 Å².